The number of cyclic esters (lactones) is 1. The van der Waals surface area contributed by atoms with Crippen LogP contribution in [0.25, 0.3) is 0 Å². The number of carbonyl (C=O) groups is 1. The van der Waals surface area contributed by atoms with Crippen LogP contribution in [0.2, 0.25) is 0 Å². The summed E-state index contributed by atoms with van der Waals surface area (Å²) in [6.07, 6.45) is 1.97. The van der Waals surface area contributed by atoms with Crippen LogP contribution in [0.5, 0.6) is 0 Å². The van der Waals surface area contributed by atoms with Gasteiger partial charge in [0.25, 0.3) is 0 Å². The molecule has 1 heterocycles. The molecule has 0 saturated carbocycles. The number of carbonyl (C=O) groups excluding carboxylic acids is 1. The number of esters is 1. The molecule has 18 heavy (non-hydrogen) atoms. The number of rotatable bonds is 3. The highest BCUT2D eigenvalue weighted by Crippen LogP contribution is 2.26. The van der Waals surface area contributed by atoms with Gasteiger partial charge in [-0.15, -0.1) is 0 Å². The molecule has 0 spiro atoms. The van der Waals surface area contributed by atoms with Gasteiger partial charge in [0, 0.05) is 5.75 Å². The molecule has 2 rings (SSSR count). The molecule has 5 heteroatoms. The zero-order valence-corrected chi connectivity index (χ0v) is 11.3. The van der Waals surface area contributed by atoms with Gasteiger partial charge in [-0.1, -0.05) is 6.07 Å². The lowest BCUT2D eigenvalue weighted by Crippen LogP contribution is -2.23. The smallest absolute Gasteiger partial charge is 0.345 e. The lowest BCUT2D eigenvalue weighted by molar-refractivity contribution is 0.0736. The van der Waals surface area contributed by atoms with E-state index < -0.39 is 17.3 Å². The van der Waals surface area contributed by atoms with Gasteiger partial charge in [-0.25, -0.2) is 14.2 Å². The van der Waals surface area contributed by atoms with Gasteiger partial charge in [-0.2, -0.15) is 11.8 Å². The van der Waals surface area contributed by atoms with E-state index in [1.807, 2.05) is 20.1 Å². The molecule has 0 radical (unpaired) electrons. The molecule has 3 nitrogen and oxygen atoms in total. The van der Waals surface area contributed by atoms with E-state index in [4.69, 9.17) is 4.74 Å². The number of hydrogen-bond donors (Lipinski definition) is 0. The fourth-order valence-electron chi connectivity index (χ4n) is 1.84. The predicted molar refractivity (Wildman–Crippen MR) is 70.8 cm³/mol. The lowest BCUT2D eigenvalue weighted by Gasteiger charge is -2.18. The first-order valence-corrected chi connectivity index (χ1v) is 6.94. The van der Waals surface area contributed by atoms with Gasteiger partial charge in [0.15, 0.2) is 0 Å². The second-order valence-corrected chi connectivity index (χ2v) is 5.58. The molecule has 96 valence electrons. The van der Waals surface area contributed by atoms with Crippen LogP contribution in [0.4, 0.5) is 4.39 Å². The third-order valence-electron chi connectivity index (χ3n) is 2.54. The molecule has 1 aliphatic rings. The Morgan fingerprint density at radius 1 is 1.44 bits per heavy atom. The Hall–Kier alpha value is -1.36. The van der Waals surface area contributed by atoms with Crippen molar-refractivity contribution in [3.8, 4) is 0 Å². The number of hydrogen-bond acceptors (Lipinski definition) is 4. The number of nitrogens with zero attached hydrogens (tertiary/aromatic N) is 1. The zero-order valence-electron chi connectivity index (χ0n) is 10.5. The van der Waals surface area contributed by atoms with Gasteiger partial charge < -0.3 is 4.74 Å². The molecule has 0 atom stereocenters. The first kappa shape index (κ1) is 13.1. The highest BCUT2D eigenvalue weighted by molar-refractivity contribution is 7.98. The van der Waals surface area contributed by atoms with Gasteiger partial charge >= 0.3 is 5.97 Å². The largest absolute Gasteiger partial charge is 0.403 e. The molecule has 0 unspecified atom stereocenters. The molecule has 0 bridgehead atoms. The second-order valence-electron chi connectivity index (χ2n) is 4.71. The number of halogens is 1. The summed E-state index contributed by atoms with van der Waals surface area (Å²) >= 11 is 1.64. The van der Waals surface area contributed by atoms with E-state index in [1.165, 1.54) is 12.1 Å². The van der Waals surface area contributed by atoms with Crippen LogP contribution in [-0.4, -0.2) is 29.4 Å². The van der Waals surface area contributed by atoms with Crippen molar-refractivity contribution in [3.05, 3.63) is 35.1 Å². The van der Waals surface area contributed by atoms with Crippen molar-refractivity contribution in [1.29, 1.82) is 0 Å². The standard InChI is InChI=1S/C13H14FNO2S/c1-13(2,7-18-3)15-11-10-8(12(16)17-11)5-4-6-9(10)14/h4-6H,7H2,1-3H3/b15-11+. The van der Waals surface area contributed by atoms with E-state index in [-0.39, 0.29) is 17.0 Å². The van der Waals surface area contributed by atoms with Crippen LogP contribution in [-0.2, 0) is 4.74 Å². The molecular formula is C13H14FNO2S. The average molecular weight is 267 g/mol. The molecule has 0 aromatic heterocycles. The van der Waals surface area contributed by atoms with Gasteiger partial charge in [0.1, 0.15) is 5.82 Å². The van der Waals surface area contributed by atoms with Crippen LogP contribution in [0.3, 0.4) is 0 Å². The molecule has 0 aliphatic carbocycles. The van der Waals surface area contributed by atoms with E-state index in [1.54, 1.807) is 17.8 Å². The van der Waals surface area contributed by atoms with E-state index in [0.717, 1.165) is 5.75 Å². The molecule has 0 saturated heterocycles. The van der Waals surface area contributed by atoms with Crippen molar-refractivity contribution in [1.82, 2.24) is 0 Å². The summed E-state index contributed by atoms with van der Waals surface area (Å²) in [4.78, 5) is 16.0. The summed E-state index contributed by atoms with van der Waals surface area (Å²) in [5.74, 6) is -0.162. The van der Waals surface area contributed by atoms with Gasteiger partial charge in [0.05, 0.1) is 16.7 Å². The summed E-state index contributed by atoms with van der Waals surface area (Å²) in [5.41, 5.74) is 0.0178. The maximum absolute atomic E-state index is 13.8. The highest BCUT2D eigenvalue weighted by atomic mass is 32.2. The first-order chi connectivity index (χ1) is 8.44. The monoisotopic (exact) mass is 267 g/mol. The van der Waals surface area contributed by atoms with Crippen molar-refractivity contribution in [2.75, 3.05) is 12.0 Å². The first-order valence-electron chi connectivity index (χ1n) is 5.54. The minimum atomic E-state index is -0.539. The maximum atomic E-state index is 13.8. The van der Waals surface area contributed by atoms with Crippen molar-refractivity contribution in [3.63, 3.8) is 0 Å². The molecule has 0 N–H and O–H groups in total. The van der Waals surface area contributed by atoms with E-state index in [9.17, 15) is 9.18 Å². The zero-order chi connectivity index (χ0) is 13.3. The van der Waals surface area contributed by atoms with Crippen LogP contribution in [0, 0.1) is 5.82 Å². The maximum Gasteiger partial charge on any atom is 0.345 e. The molecular weight excluding hydrogens is 253 g/mol. The third kappa shape index (κ3) is 2.41. The summed E-state index contributed by atoms with van der Waals surface area (Å²) in [7, 11) is 0. The number of aliphatic imine (C=N–C) groups is 1. The molecule has 1 aromatic carbocycles. The van der Waals surface area contributed by atoms with Crippen molar-refractivity contribution < 1.29 is 13.9 Å². The van der Waals surface area contributed by atoms with Crippen LogP contribution in [0.15, 0.2) is 23.2 Å². The van der Waals surface area contributed by atoms with Gasteiger partial charge in [-0.3, -0.25) is 0 Å². The van der Waals surface area contributed by atoms with Crippen LogP contribution < -0.4 is 0 Å². The average Bonchev–Trinajstić information content (AvgIpc) is 2.56. The second kappa shape index (κ2) is 4.72. The number of benzene rings is 1. The van der Waals surface area contributed by atoms with E-state index >= 15 is 0 Å². The Bertz CT molecular complexity index is 526. The van der Waals surface area contributed by atoms with Crippen molar-refractivity contribution in [2.24, 2.45) is 4.99 Å². The normalized spacial score (nSPS) is 16.9. The summed E-state index contributed by atoms with van der Waals surface area (Å²) in [6, 6.07) is 4.34. The van der Waals surface area contributed by atoms with Crippen molar-refractivity contribution >= 4 is 23.6 Å². The Labute approximate surface area is 109 Å². The van der Waals surface area contributed by atoms with Gasteiger partial charge in [0.2, 0.25) is 5.90 Å². The minimum absolute atomic E-state index is 0.0900. The summed E-state index contributed by atoms with van der Waals surface area (Å²) < 4.78 is 18.8. The topological polar surface area (TPSA) is 38.7 Å². The van der Waals surface area contributed by atoms with E-state index in [0.29, 0.717) is 0 Å². The fourth-order valence-corrected chi connectivity index (χ4v) is 2.62. The Morgan fingerprint density at radius 3 is 2.83 bits per heavy atom. The summed E-state index contributed by atoms with van der Waals surface area (Å²) in [6.45, 7) is 3.84. The van der Waals surface area contributed by atoms with Gasteiger partial charge in [-0.05, 0) is 32.2 Å². The number of thioether (sulfide) groups is 1. The fraction of sp³-hybridized carbons (Fsp3) is 0.385. The minimum Gasteiger partial charge on any atom is -0.403 e. The molecule has 1 aromatic rings. The SMILES string of the molecule is CSCC(C)(C)/N=C1/OC(=O)c2cccc(F)c21. The van der Waals surface area contributed by atoms with E-state index in [2.05, 4.69) is 4.99 Å². The third-order valence-corrected chi connectivity index (χ3v) is 3.53. The summed E-state index contributed by atoms with van der Waals surface area (Å²) in [5, 5.41) is 0. The Balaban J connectivity index is 2.46. The molecule has 1 aliphatic heterocycles. The highest BCUT2D eigenvalue weighted by Gasteiger charge is 2.32. The molecule has 0 fully saturated rings. The van der Waals surface area contributed by atoms with Crippen molar-refractivity contribution in [2.45, 2.75) is 19.4 Å². The number of ether oxygens (including phenoxy) is 1. The Kier molecular flexibility index (Phi) is 3.43. The predicted octanol–water partition coefficient (Wildman–Crippen LogP) is 2.88. The molecule has 0 amide bonds. The van der Waals surface area contributed by atoms with Crippen LogP contribution in [0.1, 0.15) is 29.8 Å². The quantitative estimate of drug-likeness (QED) is 0.790. The van der Waals surface area contributed by atoms with Crippen LogP contribution >= 0.6 is 11.8 Å². The lowest BCUT2D eigenvalue weighted by atomic mass is 10.1. The Morgan fingerprint density at radius 2 is 2.17 bits per heavy atom. The number of fused-ring (bicyclic) bond motifs is 1.